The first-order valence-corrected chi connectivity index (χ1v) is 16.4. The van der Waals surface area contributed by atoms with Gasteiger partial charge in [-0.05, 0) is 123 Å². The molecule has 0 unspecified atom stereocenters. The number of nitrogens with zero attached hydrogens (tertiary/aromatic N) is 2. The maximum atomic E-state index is 13.7. The fourth-order valence-electron chi connectivity index (χ4n) is 6.61. The Bertz CT molecular complexity index is 1930. The van der Waals surface area contributed by atoms with Gasteiger partial charge in [0.05, 0.1) is 35.4 Å². The van der Waals surface area contributed by atoms with Crippen LogP contribution < -0.4 is 19.3 Å². The number of hydrogen-bond acceptors (Lipinski definition) is 6. The molecule has 0 saturated carbocycles. The molecular weight excluding hydrogens is 604 g/mol. The zero-order valence-corrected chi connectivity index (χ0v) is 28.2. The molecule has 2 aliphatic heterocycles. The van der Waals surface area contributed by atoms with Gasteiger partial charge in [0.15, 0.2) is 0 Å². The SMILES string of the molecule is Cc1cc(-c2ccc(N3C(=O)C[C@@H](c4cccc(OC(C)C)c4)C3=O)c(C)c2)cc(N2C(=O)C[C@@H](c3cccc(OC(C)C)c3)C2=O)c1. The summed E-state index contributed by atoms with van der Waals surface area (Å²) in [6.07, 6.45) is 0.140. The number of carbonyl (C=O) groups is 4. The number of imide groups is 2. The first-order valence-electron chi connectivity index (χ1n) is 16.4. The van der Waals surface area contributed by atoms with Crippen LogP contribution in [0, 0.1) is 13.8 Å². The molecule has 2 heterocycles. The molecular formula is C40H40N2O6. The topological polar surface area (TPSA) is 93.2 Å². The van der Waals surface area contributed by atoms with Gasteiger partial charge in [-0.1, -0.05) is 36.4 Å². The summed E-state index contributed by atoms with van der Waals surface area (Å²) in [4.78, 5) is 56.4. The smallest absolute Gasteiger partial charge is 0.241 e. The third-order valence-corrected chi connectivity index (χ3v) is 8.65. The first kappa shape index (κ1) is 32.7. The van der Waals surface area contributed by atoms with E-state index in [0.29, 0.717) is 22.9 Å². The number of benzene rings is 4. The second-order valence-corrected chi connectivity index (χ2v) is 13.2. The normalized spacial score (nSPS) is 18.1. The molecule has 0 aromatic heterocycles. The van der Waals surface area contributed by atoms with Crippen LogP contribution in [-0.4, -0.2) is 35.8 Å². The fourth-order valence-corrected chi connectivity index (χ4v) is 6.61. The zero-order chi connectivity index (χ0) is 34.3. The minimum atomic E-state index is -0.594. The Hall–Kier alpha value is -5.24. The predicted molar refractivity (Wildman–Crippen MR) is 185 cm³/mol. The number of hydrogen-bond donors (Lipinski definition) is 0. The van der Waals surface area contributed by atoms with Gasteiger partial charge in [-0.15, -0.1) is 0 Å². The molecule has 0 bridgehead atoms. The van der Waals surface area contributed by atoms with Crippen LogP contribution >= 0.6 is 0 Å². The average Bonchev–Trinajstić information content (AvgIpc) is 3.49. The number of rotatable bonds is 9. The van der Waals surface area contributed by atoms with Crippen LogP contribution in [0.25, 0.3) is 11.1 Å². The van der Waals surface area contributed by atoms with E-state index in [1.54, 1.807) is 6.07 Å². The van der Waals surface area contributed by atoms with E-state index in [1.165, 1.54) is 9.80 Å². The van der Waals surface area contributed by atoms with Crippen LogP contribution in [0.4, 0.5) is 11.4 Å². The number of ether oxygens (including phenoxy) is 2. The Labute approximate surface area is 281 Å². The summed E-state index contributed by atoms with van der Waals surface area (Å²) in [5, 5.41) is 0. The number of aryl methyl sites for hydroxylation is 2. The molecule has 0 N–H and O–H groups in total. The van der Waals surface area contributed by atoms with Crippen molar-refractivity contribution < 1.29 is 28.7 Å². The van der Waals surface area contributed by atoms with Crippen LogP contribution in [0.5, 0.6) is 11.5 Å². The quantitative estimate of drug-likeness (QED) is 0.174. The summed E-state index contributed by atoms with van der Waals surface area (Å²) in [5.41, 5.74) is 5.84. The van der Waals surface area contributed by atoms with E-state index in [1.807, 2.05) is 120 Å². The Balaban J connectivity index is 1.25. The lowest BCUT2D eigenvalue weighted by Gasteiger charge is -2.20. The minimum absolute atomic E-state index is 0.00989. The summed E-state index contributed by atoms with van der Waals surface area (Å²) >= 11 is 0. The number of carbonyl (C=O) groups excluding carboxylic acids is 4. The van der Waals surface area contributed by atoms with Crippen molar-refractivity contribution >= 4 is 35.0 Å². The van der Waals surface area contributed by atoms with Gasteiger partial charge >= 0.3 is 0 Å². The van der Waals surface area contributed by atoms with Crippen LogP contribution in [0.15, 0.2) is 84.9 Å². The molecule has 4 aromatic rings. The highest BCUT2D eigenvalue weighted by atomic mass is 16.5. The van der Waals surface area contributed by atoms with E-state index < -0.39 is 11.8 Å². The summed E-state index contributed by atoms with van der Waals surface area (Å²) < 4.78 is 11.6. The second-order valence-electron chi connectivity index (χ2n) is 13.2. The lowest BCUT2D eigenvalue weighted by molar-refractivity contribution is -0.123. The lowest BCUT2D eigenvalue weighted by Crippen LogP contribution is -2.30. The van der Waals surface area contributed by atoms with Crippen LogP contribution in [0.3, 0.4) is 0 Å². The Morgan fingerprint density at radius 1 is 0.604 bits per heavy atom. The number of amides is 4. The maximum Gasteiger partial charge on any atom is 0.241 e. The third kappa shape index (κ3) is 6.47. The molecule has 0 spiro atoms. The van der Waals surface area contributed by atoms with Crippen LogP contribution in [-0.2, 0) is 19.2 Å². The largest absolute Gasteiger partial charge is 0.491 e. The van der Waals surface area contributed by atoms with Crippen molar-refractivity contribution in [1.29, 1.82) is 0 Å². The Morgan fingerprint density at radius 2 is 1.15 bits per heavy atom. The van der Waals surface area contributed by atoms with Gasteiger partial charge in [0.25, 0.3) is 0 Å². The third-order valence-electron chi connectivity index (χ3n) is 8.65. The van der Waals surface area contributed by atoms with Crippen molar-refractivity contribution in [3.63, 3.8) is 0 Å². The average molecular weight is 645 g/mol. The van der Waals surface area contributed by atoms with Crippen LogP contribution in [0.2, 0.25) is 0 Å². The molecule has 0 radical (unpaired) electrons. The molecule has 4 amide bonds. The summed E-state index contributed by atoms with van der Waals surface area (Å²) in [6.45, 7) is 11.6. The van der Waals surface area contributed by atoms with Crippen molar-refractivity contribution in [2.24, 2.45) is 0 Å². The van der Waals surface area contributed by atoms with Gasteiger partial charge in [-0.3, -0.25) is 19.2 Å². The van der Waals surface area contributed by atoms with Gasteiger partial charge in [0.2, 0.25) is 23.6 Å². The fraction of sp³-hybridized carbons (Fsp3) is 0.300. The van der Waals surface area contributed by atoms with Crippen molar-refractivity contribution in [3.8, 4) is 22.6 Å². The van der Waals surface area contributed by atoms with Crippen molar-refractivity contribution in [1.82, 2.24) is 0 Å². The van der Waals surface area contributed by atoms with E-state index in [4.69, 9.17) is 9.47 Å². The highest BCUT2D eigenvalue weighted by Crippen LogP contribution is 2.39. The van der Waals surface area contributed by atoms with Gasteiger partial charge in [-0.25, -0.2) is 9.80 Å². The molecule has 4 aromatic carbocycles. The van der Waals surface area contributed by atoms with Crippen LogP contribution in [0.1, 0.15) is 74.6 Å². The second kappa shape index (κ2) is 13.1. The molecule has 2 fully saturated rings. The summed E-state index contributed by atoms with van der Waals surface area (Å²) in [7, 11) is 0. The van der Waals surface area contributed by atoms with Gasteiger partial charge < -0.3 is 9.47 Å². The molecule has 2 aliphatic rings. The molecule has 2 saturated heterocycles. The van der Waals surface area contributed by atoms with E-state index in [-0.39, 0.29) is 48.7 Å². The van der Waals surface area contributed by atoms with Crippen molar-refractivity contribution in [3.05, 3.63) is 107 Å². The highest BCUT2D eigenvalue weighted by Gasteiger charge is 2.42. The summed E-state index contributed by atoms with van der Waals surface area (Å²) in [5.74, 6) is -0.905. The van der Waals surface area contributed by atoms with E-state index in [0.717, 1.165) is 33.4 Å². The van der Waals surface area contributed by atoms with Gasteiger partial charge in [0, 0.05) is 12.8 Å². The predicted octanol–water partition coefficient (Wildman–Crippen LogP) is 7.64. The standard InChI is InChI=1S/C40H40N2O6/c1-23(2)47-32-11-7-9-28(19-32)34-21-37(43)41(39(34)45)31-16-25(5)15-30(18-31)27-13-14-36(26(6)17-27)42-38(44)22-35(40(42)46)29-10-8-12-33(20-29)48-24(3)4/h7-20,23-24,34-35H,21-22H2,1-6H3/t34-,35-/m0/s1. The molecule has 6 rings (SSSR count). The van der Waals surface area contributed by atoms with E-state index in [9.17, 15) is 19.2 Å². The Kier molecular flexibility index (Phi) is 8.93. The lowest BCUT2D eigenvalue weighted by atomic mass is 9.97. The highest BCUT2D eigenvalue weighted by molar-refractivity contribution is 6.24. The molecule has 8 nitrogen and oxygen atoms in total. The zero-order valence-electron chi connectivity index (χ0n) is 28.2. The van der Waals surface area contributed by atoms with Crippen molar-refractivity contribution in [2.45, 2.75) is 78.4 Å². The van der Waals surface area contributed by atoms with Crippen molar-refractivity contribution in [2.75, 3.05) is 9.80 Å². The van der Waals surface area contributed by atoms with Gasteiger partial charge in [0.1, 0.15) is 11.5 Å². The molecule has 8 heteroatoms. The molecule has 246 valence electrons. The van der Waals surface area contributed by atoms with E-state index >= 15 is 0 Å². The molecule has 48 heavy (non-hydrogen) atoms. The maximum absolute atomic E-state index is 13.7. The summed E-state index contributed by atoms with van der Waals surface area (Å²) in [6, 6.07) is 26.0. The van der Waals surface area contributed by atoms with Gasteiger partial charge in [-0.2, -0.15) is 0 Å². The number of anilines is 2. The molecule has 0 aliphatic carbocycles. The Morgan fingerprint density at radius 3 is 1.69 bits per heavy atom. The minimum Gasteiger partial charge on any atom is -0.491 e. The first-order chi connectivity index (χ1) is 22.9. The van der Waals surface area contributed by atoms with E-state index in [2.05, 4.69) is 0 Å². The monoisotopic (exact) mass is 644 g/mol. The molecule has 2 atom stereocenters.